The highest BCUT2D eigenvalue weighted by atomic mass is 14.8. The lowest BCUT2D eigenvalue weighted by Gasteiger charge is -2.46. The van der Waals surface area contributed by atoms with Gasteiger partial charge in [-0.05, 0) is 40.7 Å². The number of allylic oxidation sites excluding steroid dienone is 1. The van der Waals surface area contributed by atoms with Crippen LogP contribution in [0.25, 0.3) is 0 Å². The van der Waals surface area contributed by atoms with Crippen molar-refractivity contribution in [3.63, 3.8) is 0 Å². The van der Waals surface area contributed by atoms with Gasteiger partial charge in [0, 0.05) is 6.21 Å². The van der Waals surface area contributed by atoms with Crippen molar-refractivity contribution in [1.82, 2.24) is 0 Å². The molecule has 2 aromatic carbocycles. The van der Waals surface area contributed by atoms with E-state index < -0.39 is 0 Å². The van der Waals surface area contributed by atoms with Gasteiger partial charge in [-0.15, -0.1) is 0 Å². The highest BCUT2D eigenvalue weighted by Gasteiger charge is 2.56. The molecule has 28 heavy (non-hydrogen) atoms. The third-order valence-corrected chi connectivity index (χ3v) is 8.05. The minimum absolute atomic E-state index is 0.135. The van der Waals surface area contributed by atoms with E-state index in [9.17, 15) is 0 Å². The first-order valence-electron chi connectivity index (χ1n) is 10.4. The lowest BCUT2D eigenvalue weighted by molar-refractivity contribution is 0.0600. The van der Waals surface area contributed by atoms with Crippen molar-refractivity contribution in [2.75, 3.05) is 0 Å². The van der Waals surface area contributed by atoms with Crippen LogP contribution in [-0.4, -0.2) is 6.21 Å². The maximum atomic E-state index is 5.06. The SMILES string of the molecule is CC1=C(CC(N=Cc2ccccc2)c2ccccc2)C(C)(C)C(C)(C)C1(C)C. The fraction of sp³-hybridized carbons (Fsp3) is 0.444. The van der Waals surface area contributed by atoms with Gasteiger partial charge in [0.05, 0.1) is 6.04 Å². The molecule has 3 rings (SSSR count). The largest absolute Gasteiger partial charge is 0.284 e. The first kappa shape index (κ1) is 20.6. The summed E-state index contributed by atoms with van der Waals surface area (Å²) in [5, 5.41) is 0. The van der Waals surface area contributed by atoms with Gasteiger partial charge < -0.3 is 0 Å². The van der Waals surface area contributed by atoms with E-state index in [2.05, 4.69) is 103 Å². The lowest BCUT2D eigenvalue weighted by Crippen LogP contribution is -2.39. The molecule has 1 aliphatic carbocycles. The summed E-state index contributed by atoms with van der Waals surface area (Å²) >= 11 is 0. The average Bonchev–Trinajstić information content (AvgIpc) is 2.76. The minimum atomic E-state index is 0.135. The van der Waals surface area contributed by atoms with Crippen LogP contribution in [-0.2, 0) is 0 Å². The Morgan fingerprint density at radius 3 is 1.82 bits per heavy atom. The predicted octanol–water partition coefficient (Wildman–Crippen LogP) is 7.65. The molecule has 0 saturated carbocycles. The Bertz CT molecular complexity index is 867. The zero-order valence-corrected chi connectivity index (χ0v) is 18.6. The molecule has 1 atom stereocenters. The van der Waals surface area contributed by atoms with Gasteiger partial charge >= 0.3 is 0 Å². The average molecular weight is 374 g/mol. The molecule has 1 nitrogen and oxygen atoms in total. The molecule has 1 aliphatic rings. The predicted molar refractivity (Wildman–Crippen MR) is 122 cm³/mol. The van der Waals surface area contributed by atoms with Gasteiger partial charge in [0.15, 0.2) is 0 Å². The van der Waals surface area contributed by atoms with Crippen LogP contribution in [0, 0.1) is 16.2 Å². The van der Waals surface area contributed by atoms with E-state index in [0.29, 0.717) is 0 Å². The molecular weight excluding hydrogens is 338 g/mol. The van der Waals surface area contributed by atoms with Crippen molar-refractivity contribution >= 4 is 6.21 Å². The highest BCUT2D eigenvalue weighted by molar-refractivity contribution is 5.79. The van der Waals surface area contributed by atoms with Gasteiger partial charge in [-0.2, -0.15) is 0 Å². The molecule has 1 heteroatoms. The Morgan fingerprint density at radius 2 is 1.32 bits per heavy atom. The summed E-state index contributed by atoms with van der Waals surface area (Å²) < 4.78 is 0. The van der Waals surface area contributed by atoms with Crippen molar-refractivity contribution < 1.29 is 0 Å². The molecule has 0 aliphatic heterocycles. The van der Waals surface area contributed by atoms with Crippen molar-refractivity contribution in [2.24, 2.45) is 21.2 Å². The Labute approximate surface area is 171 Å². The van der Waals surface area contributed by atoms with Gasteiger partial charge in [0.2, 0.25) is 0 Å². The van der Waals surface area contributed by atoms with Gasteiger partial charge in [0.1, 0.15) is 0 Å². The topological polar surface area (TPSA) is 12.4 Å². The third-order valence-electron chi connectivity index (χ3n) is 8.05. The smallest absolute Gasteiger partial charge is 0.0786 e. The van der Waals surface area contributed by atoms with Crippen LogP contribution in [0.1, 0.15) is 72.1 Å². The first-order chi connectivity index (χ1) is 13.1. The Hall–Kier alpha value is -2.15. The molecule has 0 fully saturated rings. The van der Waals surface area contributed by atoms with Crippen molar-refractivity contribution in [3.05, 3.63) is 82.9 Å². The lowest BCUT2D eigenvalue weighted by atomic mass is 9.58. The summed E-state index contributed by atoms with van der Waals surface area (Å²) in [4.78, 5) is 5.06. The van der Waals surface area contributed by atoms with Crippen LogP contribution in [0.3, 0.4) is 0 Å². The normalized spacial score (nSPS) is 21.2. The van der Waals surface area contributed by atoms with Crippen LogP contribution in [0.2, 0.25) is 0 Å². The maximum absolute atomic E-state index is 5.06. The Balaban J connectivity index is 2.01. The summed E-state index contributed by atoms with van der Waals surface area (Å²) in [5.41, 5.74) is 6.06. The molecule has 1 unspecified atom stereocenters. The zero-order chi connectivity index (χ0) is 20.6. The molecule has 0 radical (unpaired) electrons. The van der Waals surface area contributed by atoms with Crippen molar-refractivity contribution in [3.8, 4) is 0 Å². The molecule has 148 valence electrons. The van der Waals surface area contributed by atoms with E-state index in [1.165, 1.54) is 5.56 Å². The fourth-order valence-electron chi connectivity index (χ4n) is 4.72. The van der Waals surface area contributed by atoms with Gasteiger partial charge in [-0.1, -0.05) is 113 Å². The number of rotatable bonds is 5. The van der Waals surface area contributed by atoms with Crippen LogP contribution in [0.5, 0.6) is 0 Å². The second-order valence-electron chi connectivity index (χ2n) is 9.80. The van der Waals surface area contributed by atoms with E-state index in [1.807, 2.05) is 12.3 Å². The van der Waals surface area contributed by atoms with Crippen LogP contribution in [0.4, 0.5) is 0 Å². The summed E-state index contributed by atoms with van der Waals surface area (Å²) in [5.74, 6) is 0. The molecule has 2 aromatic rings. The molecule has 0 bridgehead atoms. The van der Waals surface area contributed by atoms with E-state index in [0.717, 1.165) is 12.0 Å². The number of nitrogens with zero attached hydrogens (tertiary/aromatic N) is 1. The van der Waals surface area contributed by atoms with Crippen molar-refractivity contribution in [2.45, 2.75) is 60.9 Å². The number of benzene rings is 2. The van der Waals surface area contributed by atoms with E-state index in [-0.39, 0.29) is 22.3 Å². The molecule has 0 N–H and O–H groups in total. The third kappa shape index (κ3) is 3.36. The minimum Gasteiger partial charge on any atom is -0.284 e. The van der Waals surface area contributed by atoms with Crippen LogP contribution < -0.4 is 0 Å². The number of hydrogen-bond acceptors (Lipinski definition) is 1. The molecule has 0 amide bonds. The Morgan fingerprint density at radius 1 is 0.786 bits per heavy atom. The molecule has 0 heterocycles. The molecule has 0 aromatic heterocycles. The maximum Gasteiger partial charge on any atom is 0.0786 e. The summed E-state index contributed by atoms with van der Waals surface area (Å²) in [6, 6.07) is 21.3. The fourth-order valence-corrected chi connectivity index (χ4v) is 4.72. The van der Waals surface area contributed by atoms with Crippen molar-refractivity contribution in [1.29, 1.82) is 0 Å². The summed E-state index contributed by atoms with van der Waals surface area (Å²) in [6.45, 7) is 16.8. The molecular formula is C27H35N. The summed E-state index contributed by atoms with van der Waals surface area (Å²) in [7, 11) is 0. The Kier molecular flexibility index (Phi) is 5.40. The monoisotopic (exact) mass is 373 g/mol. The van der Waals surface area contributed by atoms with E-state index in [1.54, 1.807) is 11.1 Å². The van der Waals surface area contributed by atoms with Crippen LogP contribution >= 0.6 is 0 Å². The van der Waals surface area contributed by atoms with Gasteiger partial charge in [0.25, 0.3) is 0 Å². The van der Waals surface area contributed by atoms with Gasteiger partial charge in [-0.25, -0.2) is 0 Å². The zero-order valence-electron chi connectivity index (χ0n) is 18.6. The van der Waals surface area contributed by atoms with E-state index >= 15 is 0 Å². The number of aliphatic imine (C=N–C) groups is 1. The van der Waals surface area contributed by atoms with Crippen LogP contribution in [0.15, 0.2) is 76.8 Å². The highest BCUT2D eigenvalue weighted by Crippen LogP contribution is 2.65. The second-order valence-corrected chi connectivity index (χ2v) is 9.80. The number of hydrogen-bond donors (Lipinski definition) is 0. The molecule has 0 saturated heterocycles. The second kappa shape index (κ2) is 7.35. The summed E-state index contributed by atoms with van der Waals surface area (Å²) in [6.07, 6.45) is 3.00. The standard InChI is InChI=1S/C27H35N/c1-20-23(26(4,5)27(6,7)25(20,2)3)18-24(22-16-12-9-13-17-22)28-19-21-14-10-8-11-15-21/h8-17,19,24H,18H2,1-7H3. The first-order valence-corrected chi connectivity index (χ1v) is 10.4. The quantitative estimate of drug-likeness (QED) is 0.377. The van der Waals surface area contributed by atoms with Gasteiger partial charge in [-0.3, -0.25) is 4.99 Å². The van der Waals surface area contributed by atoms with E-state index in [4.69, 9.17) is 4.99 Å². The molecule has 0 spiro atoms.